The van der Waals surface area contributed by atoms with E-state index in [0.717, 1.165) is 12.1 Å². The van der Waals surface area contributed by atoms with E-state index in [-0.39, 0.29) is 18.0 Å². The van der Waals surface area contributed by atoms with Crippen LogP contribution in [0.15, 0.2) is 42.5 Å². The average Bonchev–Trinajstić information content (AvgIpc) is 3.05. The summed E-state index contributed by atoms with van der Waals surface area (Å²) in [5, 5.41) is 12.8. The Bertz CT molecular complexity index is 982. The van der Waals surface area contributed by atoms with Gasteiger partial charge in [0.25, 0.3) is 5.91 Å². The first kappa shape index (κ1) is 16.5. The van der Waals surface area contributed by atoms with Gasteiger partial charge in [-0.2, -0.15) is 28.6 Å². The van der Waals surface area contributed by atoms with Crippen LogP contribution in [0.25, 0.3) is 11.0 Å². The lowest BCUT2D eigenvalue weighted by Gasteiger charge is -2.05. The summed E-state index contributed by atoms with van der Waals surface area (Å²) in [6.45, 7) is 0.00588. The maximum absolute atomic E-state index is 12.6. The molecule has 0 radical (unpaired) electrons. The van der Waals surface area contributed by atoms with Crippen LogP contribution < -0.4 is 5.32 Å². The molecule has 3 rings (SSSR count). The summed E-state index contributed by atoms with van der Waals surface area (Å²) in [5.74, 6) is 4.87. The number of hydrogen-bond acceptors (Lipinski definition) is 3. The fraction of sp³-hybridized carbons (Fsp3) is 0.118. The van der Waals surface area contributed by atoms with Crippen LogP contribution in [-0.2, 0) is 6.18 Å². The summed E-state index contributed by atoms with van der Waals surface area (Å²) in [4.78, 5) is 12.0. The zero-order valence-electron chi connectivity index (χ0n) is 12.7. The summed E-state index contributed by atoms with van der Waals surface area (Å²) in [6, 6.07) is 9.54. The molecule has 1 aromatic heterocycles. The predicted molar refractivity (Wildman–Crippen MR) is 84.5 cm³/mol. The number of aromatic amines is 1. The van der Waals surface area contributed by atoms with Crippen LogP contribution in [0.1, 0.15) is 21.5 Å². The molecule has 0 spiro atoms. The lowest BCUT2D eigenvalue weighted by Crippen LogP contribution is -2.23. The van der Waals surface area contributed by atoms with Gasteiger partial charge in [0, 0.05) is 11.1 Å². The maximum atomic E-state index is 12.6. The molecule has 25 heavy (non-hydrogen) atoms. The number of halogens is 3. The highest BCUT2D eigenvalue weighted by Crippen LogP contribution is 2.29. The zero-order valence-corrected chi connectivity index (χ0v) is 12.7. The van der Waals surface area contributed by atoms with E-state index in [0.29, 0.717) is 16.6 Å². The Labute approximate surface area is 140 Å². The Balaban J connectivity index is 1.63. The average molecular weight is 344 g/mol. The zero-order chi connectivity index (χ0) is 17.9. The number of hydrogen-bond donors (Lipinski definition) is 2. The summed E-state index contributed by atoms with van der Waals surface area (Å²) in [6.07, 6.45) is -4.41. The topological polar surface area (TPSA) is 70.7 Å². The number of amides is 1. The number of benzene rings is 2. The van der Waals surface area contributed by atoms with E-state index in [1.54, 1.807) is 18.2 Å². The second kappa shape index (κ2) is 6.65. The minimum atomic E-state index is -4.41. The third kappa shape index (κ3) is 3.95. The summed E-state index contributed by atoms with van der Waals surface area (Å²) >= 11 is 0. The molecular weight excluding hydrogens is 333 g/mol. The van der Waals surface area contributed by atoms with Crippen molar-refractivity contribution in [3.05, 3.63) is 59.2 Å². The van der Waals surface area contributed by atoms with Crippen molar-refractivity contribution < 1.29 is 18.0 Å². The Kier molecular flexibility index (Phi) is 4.39. The molecule has 1 heterocycles. The molecule has 0 atom stereocenters. The molecule has 0 fully saturated rings. The number of carbonyl (C=O) groups excluding carboxylic acids is 1. The first-order valence-corrected chi connectivity index (χ1v) is 7.18. The third-order valence-corrected chi connectivity index (χ3v) is 3.34. The standard InChI is InChI=1S/C17H11F3N4O/c18-17(19,20)13-5-1-3-11(9-13)4-2-8-21-16(25)12-6-7-14-15(10-12)23-24-22-14/h1,3,5-7,9-10H,8H2,(H,21,25)(H,22,23,24). The van der Waals surface area contributed by atoms with Crippen molar-refractivity contribution in [3.8, 4) is 11.8 Å². The van der Waals surface area contributed by atoms with Crippen LogP contribution >= 0.6 is 0 Å². The van der Waals surface area contributed by atoms with Crippen molar-refractivity contribution in [3.63, 3.8) is 0 Å². The number of aromatic nitrogens is 3. The van der Waals surface area contributed by atoms with Gasteiger partial charge in [-0.1, -0.05) is 17.9 Å². The minimum Gasteiger partial charge on any atom is -0.341 e. The van der Waals surface area contributed by atoms with E-state index in [1.807, 2.05) is 0 Å². The van der Waals surface area contributed by atoms with Gasteiger partial charge >= 0.3 is 6.18 Å². The first-order chi connectivity index (χ1) is 11.9. The highest BCUT2D eigenvalue weighted by atomic mass is 19.4. The van der Waals surface area contributed by atoms with Gasteiger partial charge in [0.15, 0.2) is 0 Å². The predicted octanol–water partition coefficient (Wildman–Crippen LogP) is 2.76. The van der Waals surface area contributed by atoms with E-state index in [4.69, 9.17) is 0 Å². The second-order valence-corrected chi connectivity index (χ2v) is 5.09. The Morgan fingerprint density at radius 3 is 2.72 bits per heavy atom. The van der Waals surface area contributed by atoms with E-state index in [9.17, 15) is 18.0 Å². The van der Waals surface area contributed by atoms with Gasteiger partial charge in [-0.15, -0.1) is 0 Å². The lowest BCUT2D eigenvalue weighted by molar-refractivity contribution is -0.137. The fourth-order valence-electron chi connectivity index (χ4n) is 2.13. The molecule has 2 aromatic carbocycles. The van der Waals surface area contributed by atoms with Gasteiger partial charge in [0.2, 0.25) is 0 Å². The van der Waals surface area contributed by atoms with Crippen molar-refractivity contribution in [1.29, 1.82) is 0 Å². The molecule has 0 saturated carbocycles. The monoisotopic (exact) mass is 344 g/mol. The molecule has 0 aliphatic rings. The number of rotatable bonds is 2. The fourth-order valence-corrected chi connectivity index (χ4v) is 2.13. The minimum absolute atomic E-state index is 0.00588. The SMILES string of the molecule is O=C(NCC#Cc1cccc(C(F)(F)F)c1)c1ccc2n[nH]nc2c1. The van der Waals surface area contributed by atoms with Crippen LogP contribution in [-0.4, -0.2) is 27.9 Å². The highest BCUT2D eigenvalue weighted by molar-refractivity contribution is 5.97. The molecule has 5 nitrogen and oxygen atoms in total. The second-order valence-electron chi connectivity index (χ2n) is 5.09. The van der Waals surface area contributed by atoms with Crippen LogP contribution in [0.5, 0.6) is 0 Å². The summed E-state index contributed by atoms with van der Waals surface area (Å²) in [7, 11) is 0. The normalized spacial score (nSPS) is 11.0. The molecule has 0 saturated heterocycles. The van der Waals surface area contributed by atoms with Gasteiger partial charge < -0.3 is 5.32 Å². The van der Waals surface area contributed by atoms with E-state index in [1.165, 1.54) is 12.1 Å². The van der Waals surface area contributed by atoms with Gasteiger partial charge in [-0.3, -0.25) is 4.79 Å². The van der Waals surface area contributed by atoms with E-state index < -0.39 is 11.7 Å². The van der Waals surface area contributed by atoms with Crippen LogP contribution in [0.2, 0.25) is 0 Å². The van der Waals surface area contributed by atoms with Crippen LogP contribution in [0.4, 0.5) is 13.2 Å². The maximum Gasteiger partial charge on any atom is 0.416 e. The molecular formula is C17H11F3N4O. The van der Waals surface area contributed by atoms with Crippen molar-refractivity contribution >= 4 is 16.9 Å². The Hall–Kier alpha value is -3.34. The molecule has 126 valence electrons. The Morgan fingerprint density at radius 2 is 1.92 bits per heavy atom. The molecule has 1 amide bonds. The molecule has 0 unspecified atom stereocenters. The lowest BCUT2D eigenvalue weighted by atomic mass is 10.1. The first-order valence-electron chi connectivity index (χ1n) is 7.18. The quantitative estimate of drug-likeness (QED) is 0.702. The Morgan fingerprint density at radius 1 is 1.12 bits per heavy atom. The van der Waals surface area contributed by atoms with Crippen molar-refractivity contribution in [2.75, 3.05) is 6.54 Å². The van der Waals surface area contributed by atoms with E-state index in [2.05, 4.69) is 32.6 Å². The molecule has 0 bridgehead atoms. The van der Waals surface area contributed by atoms with Crippen molar-refractivity contribution in [2.24, 2.45) is 0 Å². The van der Waals surface area contributed by atoms with Gasteiger partial charge in [-0.25, -0.2) is 0 Å². The van der Waals surface area contributed by atoms with Gasteiger partial charge in [-0.05, 0) is 36.4 Å². The van der Waals surface area contributed by atoms with Crippen molar-refractivity contribution in [1.82, 2.24) is 20.7 Å². The van der Waals surface area contributed by atoms with Crippen LogP contribution in [0, 0.1) is 11.8 Å². The number of nitrogens with zero attached hydrogens (tertiary/aromatic N) is 2. The molecule has 0 aliphatic heterocycles. The number of nitrogens with one attached hydrogen (secondary N) is 2. The number of H-pyrrole nitrogens is 1. The van der Waals surface area contributed by atoms with Crippen molar-refractivity contribution in [2.45, 2.75) is 6.18 Å². The highest BCUT2D eigenvalue weighted by Gasteiger charge is 2.30. The largest absolute Gasteiger partial charge is 0.416 e. The third-order valence-electron chi connectivity index (χ3n) is 3.34. The molecule has 3 aromatic rings. The molecule has 8 heteroatoms. The summed E-state index contributed by atoms with van der Waals surface area (Å²) in [5.41, 5.74) is 1.06. The van der Waals surface area contributed by atoms with E-state index >= 15 is 0 Å². The number of carbonyl (C=O) groups is 1. The van der Waals surface area contributed by atoms with Gasteiger partial charge in [0.05, 0.1) is 12.1 Å². The van der Waals surface area contributed by atoms with Gasteiger partial charge in [0.1, 0.15) is 11.0 Å². The smallest absolute Gasteiger partial charge is 0.341 e. The van der Waals surface area contributed by atoms with Crippen LogP contribution in [0.3, 0.4) is 0 Å². The summed E-state index contributed by atoms with van der Waals surface area (Å²) < 4.78 is 37.9. The molecule has 2 N–H and O–H groups in total. The molecule has 0 aliphatic carbocycles. The number of fused-ring (bicyclic) bond motifs is 1. The number of alkyl halides is 3.